The molecule has 1 aromatic rings. The molecule has 0 aromatic carbocycles. The summed E-state index contributed by atoms with van der Waals surface area (Å²) in [5.74, 6) is 0.741. The van der Waals surface area contributed by atoms with Crippen LogP contribution >= 0.6 is 23.4 Å². The van der Waals surface area contributed by atoms with Crippen LogP contribution in [0.2, 0.25) is 5.02 Å². The fraction of sp³-hybridized carbons (Fsp3) is 0.556. The van der Waals surface area contributed by atoms with Gasteiger partial charge in [-0.05, 0) is 13.2 Å². The summed E-state index contributed by atoms with van der Waals surface area (Å²) in [5, 5.41) is 12.6. The van der Waals surface area contributed by atoms with Crippen LogP contribution in [0.3, 0.4) is 0 Å². The maximum absolute atomic E-state index is 9.15. The van der Waals surface area contributed by atoms with Gasteiger partial charge < -0.3 is 16.2 Å². The van der Waals surface area contributed by atoms with Gasteiger partial charge in [-0.2, -0.15) is 11.8 Å². The van der Waals surface area contributed by atoms with Gasteiger partial charge in [-0.25, -0.2) is 9.97 Å². The largest absolute Gasteiger partial charge is 0.395 e. The molecule has 7 heteroatoms. The zero-order valence-corrected chi connectivity index (χ0v) is 10.7. The van der Waals surface area contributed by atoms with Gasteiger partial charge in [0.15, 0.2) is 5.82 Å². The number of nitrogens with zero attached hydrogens (tertiary/aromatic N) is 2. The van der Waals surface area contributed by atoms with E-state index >= 15 is 0 Å². The van der Waals surface area contributed by atoms with E-state index in [4.69, 9.17) is 22.4 Å². The van der Waals surface area contributed by atoms with Crippen molar-refractivity contribution >= 4 is 35.0 Å². The fourth-order valence-electron chi connectivity index (χ4n) is 1.23. The predicted octanol–water partition coefficient (Wildman–Crippen LogP) is 1.24. The Balaban J connectivity index is 2.76. The molecule has 0 aliphatic heterocycles. The van der Waals surface area contributed by atoms with E-state index in [-0.39, 0.29) is 23.7 Å². The summed E-state index contributed by atoms with van der Waals surface area (Å²) in [4.78, 5) is 7.78. The minimum atomic E-state index is 0.0341. The third kappa shape index (κ3) is 3.13. The van der Waals surface area contributed by atoms with Crippen LogP contribution in [0.5, 0.6) is 0 Å². The van der Waals surface area contributed by atoms with Crippen molar-refractivity contribution in [1.29, 1.82) is 0 Å². The third-order valence-corrected chi connectivity index (χ3v) is 3.76. The number of aromatic nitrogens is 2. The Bertz CT molecular complexity index is 348. The van der Waals surface area contributed by atoms with Gasteiger partial charge in [-0.3, -0.25) is 0 Å². The maximum atomic E-state index is 9.15. The molecule has 0 aliphatic carbocycles. The molecule has 0 radical (unpaired) electrons. The zero-order chi connectivity index (χ0) is 12.1. The van der Waals surface area contributed by atoms with Crippen LogP contribution in [0, 0.1) is 0 Å². The molecule has 0 bridgehead atoms. The van der Waals surface area contributed by atoms with Crippen molar-refractivity contribution in [2.24, 2.45) is 0 Å². The topological polar surface area (TPSA) is 84.1 Å². The molecule has 0 spiro atoms. The molecule has 1 aromatic heterocycles. The van der Waals surface area contributed by atoms with Gasteiger partial charge in [0.1, 0.15) is 17.2 Å². The molecule has 0 aliphatic rings. The number of anilines is 2. The normalized spacial score (nSPS) is 14.5. The second-order valence-electron chi connectivity index (χ2n) is 3.31. The van der Waals surface area contributed by atoms with Gasteiger partial charge in [0, 0.05) is 11.3 Å². The first-order valence-corrected chi connectivity index (χ1v) is 6.42. The highest BCUT2D eigenvalue weighted by Crippen LogP contribution is 2.25. The molecule has 2 unspecified atom stereocenters. The minimum absolute atomic E-state index is 0.0341. The fourth-order valence-corrected chi connectivity index (χ4v) is 2.01. The molecule has 0 saturated heterocycles. The number of nitrogens with one attached hydrogen (secondary N) is 1. The summed E-state index contributed by atoms with van der Waals surface area (Å²) in [6.07, 6.45) is 3.29. The van der Waals surface area contributed by atoms with Crippen molar-refractivity contribution in [3.8, 4) is 0 Å². The molecule has 0 saturated carbocycles. The van der Waals surface area contributed by atoms with Crippen LogP contribution in [0.15, 0.2) is 6.33 Å². The molecule has 5 nitrogen and oxygen atoms in total. The average molecular weight is 263 g/mol. The lowest BCUT2D eigenvalue weighted by Crippen LogP contribution is -2.31. The number of halogens is 1. The summed E-state index contributed by atoms with van der Waals surface area (Å²) in [7, 11) is 0. The summed E-state index contributed by atoms with van der Waals surface area (Å²) >= 11 is 7.52. The van der Waals surface area contributed by atoms with Crippen molar-refractivity contribution in [1.82, 2.24) is 9.97 Å². The van der Waals surface area contributed by atoms with Crippen LogP contribution < -0.4 is 11.1 Å². The number of aliphatic hydroxyl groups excluding tert-OH is 1. The van der Waals surface area contributed by atoms with Crippen molar-refractivity contribution in [2.75, 3.05) is 23.9 Å². The van der Waals surface area contributed by atoms with Crippen LogP contribution in [0.1, 0.15) is 6.92 Å². The van der Waals surface area contributed by atoms with E-state index in [1.165, 1.54) is 6.33 Å². The number of rotatable bonds is 5. The second kappa shape index (κ2) is 6.12. The van der Waals surface area contributed by atoms with Gasteiger partial charge in [-0.1, -0.05) is 11.6 Å². The van der Waals surface area contributed by atoms with E-state index in [2.05, 4.69) is 15.3 Å². The monoisotopic (exact) mass is 262 g/mol. The number of hydrogen-bond donors (Lipinski definition) is 3. The molecular weight excluding hydrogens is 248 g/mol. The Morgan fingerprint density at radius 2 is 2.31 bits per heavy atom. The van der Waals surface area contributed by atoms with Gasteiger partial charge >= 0.3 is 0 Å². The van der Waals surface area contributed by atoms with E-state index in [0.29, 0.717) is 10.8 Å². The molecule has 0 fully saturated rings. The van der Waals surface area contributed by atoms with Crippen LogP contribution in [-0.4, -0.2) is 39.2 Å². The second-order valence-corrected chi connectivity index (χ2v) is 4.77. The number of thioether (sulfide) groups is 1. The van der Waals surface area contributed by atoms with Crippen LogP contribution in [-0.2, 0) is 0 Å². The number of nitrogens with two attached hydrogens (primary N) is 1. The molecule has 4 N–H and O–H groups in total. The summed E-state index contributed by atoms with van der Waals surface area (Å²) < 4.78 is 0. The van der Waals surface area contributed by atoms with E-state index in [1.54, 1.807) is 11.8 Å². The van der Waals surface area contributed by atoms with E-state index < -0.39 is 0 Å². The Hall–Kier alpha value is -0.720. The summed E-state index contributed by atoms with van der Waals surface area (Å²) in [6.45, 7) is 2.04. The molecule has 90 valence electrons. The lowest BCUT2D eigenvalue weighted by atomic mass is 10.2. The number of aliphatic hydroxyl groups is 1. The van der Waals surface area contributed by atoms with Crippen LogP contribution in [0.25, 0.3) is 0 Å². The van der Waals surface area contributed by atoms with E-state index in [9.17, 15) is 0 Å². The number of nitrogen functional groups attached to an aromatic ring is 1. The van der Waals surface area contributed by atoms with Gasteiger partial charge in [0.2, 0.25) is 0 Å². The Morgan fingerprint density at radius 1 is 1.62 bits per heavy atom. The molecule has 16 heavy (non-hydrogen) atoms. The molecule has 0 amide bonds. The SMILES string of the molecule is CSC(CO)C(C)Nc1ncnc(N)c1Cl. The van der Waals surface area contributed by atoms with Crippen molar-refractivity contribution in [3.05, 3.63) is 11.3 Å². The van der Waals surface area contributed by atoms with Crippen molar-refractivity contribution in [2.45, 2.75) is 18.2 Å². The smallest absolute Gasteiger partial charge is 0.150 e. The van der Waals surface area contributed by atoms with Crippen molar-refractivity contribution < 1.29 is 5.11 Å². The highest BCUT2D eigenvalue weighted by molar-refractivity contribution is 7.99. The molecular formula is C9H15ClN4OS. The standard InChI is InChI=1S/C9H15ClN4OS/c1-5(6(3-15)16-2)14-9-7(10)8(11)12-4-13-9/h4-6,15H,3H2,1-2H3,(H3,11,12,13,14). The average Bonchev–Trinajstić information content (AvgIpc) is 2.26. The first-order chi connectivity index (χ1) is 7.60. The van der Waals surface area contributed by atoms with E-state index in [0.717, 1.165) is 0 Å². The molecule has 1 heterocycles. The lowest BCUT2D eigenvalue weighted by molar-refractivity contribution is 0.288. The zero-order valence-electron chi connectivity index (χ0n) is 9.14. The van der Waals surface area contributed by atoms with Crippen LogP contribution in [0.4, 0.5) is 11.6 Å². The van der Waals surface area contributed by atoms with Gasteiger partial charge in [0.05, 0.1) is 6.61 Å². The maximum Gasteiger partial charge on any atom is 0.150 e. The Labute approximate surface area is 104 Å². The summed E-state index contributed by atoms with van der Waals surface area (Å²) in [6, 6.07) is 0.0341. The number of hydrogen-bond acceptors (Lipinski definition) is 6. The molecule has 2 atom stereocenters. The van der Waals surface area contributed by atoms with Crippen molar-refractivity contribution in [3.63, 3.8) is 0 Å². The predicted molar refractivity (Wildman–Crippen MR) is 68.9 cm³/mol. The Morgan fingerprint density at radius 3 is 2.88 bits per heavy atom. The van der Waals surface area contributed by atoms with E-state index in [1.807, 2.05) is 13.2 Å². The highest BCUT2D eigenvalue weighted by Gasteiger charge is 2.17. The first kappa shape index (κ1) is 13.3. The highest BCUT2D eigenvalue weighted by atomic mass is 35.5. The van der Waals surface area contributed by atoms with Gasteiger partial charge in [0.25, 0.3) is 0 Å². The third-order valence-electron chi connectivity index (χ3n) is 2.22. The quantitative estimate of drug-likeness (QED) is 0.740. The Kier molecular flexibility index (Phi) is 5.11. The minimum Gasteiger partial charge on any atom is -0.395 e. The first-order valence-electron chi connectivity index (χ1n) is 4.76. The molecule has 1 rings (SSSR count). The lowest BCUT2D eigenvalue weighted by Gasteiger charge is -2.22. The summed E-state index contributed by atoms with van der Waals surface area (Å²) in [5.41, 5.74) is 5.56. The van der Waals surface area contributed by atoms with Gasteiger partial charge in [-0.15, -0.1) is 0 Å².